The van der Waals surface area contributed by atoms with Gasteiger partial charge in [0, 0.05) is 16.5 Å². The Bertz CT molecular complexity index is 1390. The number of hydrogen-bond acceptors (Lipinski definition) is 5. The van der Waals surface area contributed by atoms with Gasteiger partial charge in [-0.3, -0.25) is 15.0 Å². The SMILES string of the molecule is CC1CCCC2(C1)SCC(=O)N2NC(=O)c1[nH]c2ccc(S(N)(=O)=O)cc2c1-c1ccccc1. The molecule has 1 aliphatic heterocycles. The molecule has 178 valence electrons. The molecule has 2 atom stereocenters. The Morgan fingerprint density at radius 3 is 2.71 bits per heavy atom. The predicted molar refractivity (Wildman–Crippen MR) is 132 cm³/mol. The zero-order chi connectivity index (χ0) is 24.1. The fraction of sp³-hybridized carbons (Fsp3) is 0.333. The summed E-state index contributed by atoms with van der Waals surface area (Å²) in [5, 5.41) is 7.45. The van der Waals surface area contributed by atoms with Gasteiger partial charge in [0.2, 0.25) is 10.0 Å². The molecule has 2 heterocycles. The molecular formula is C24H26N4O4S2. The third-order valence-corrected chi connectivity index (χ3v) is 9.05. The number of benzene rings is 2. The fourth-order valence-corrected chi connectivity index (χ4v) is 7.14. The standard InChI is InChI=1S/C24H26N4O4S2/c1-15-6-5-11-24(13-15)28(20(29)14-33-24)27-23(30)22-21(16-7-3-2-4-8-16)18-12-17(34(25,31)32)9-10-19(18)26-22/h2-4,7-10,12,15,26H,5-6,11,13-14H2,1H3,(H,27,30)(H2,25,31,32). The average molecular weight is 499 g/mol. The van der Waals surface area contributed by atoms with Crippen LogP contribution in [0.1, 0.15) is 43.1 Å². The van der Waals surface area contributed by atoms with E-state index < -0.39 is 20.8 Å². The minimum atomic E-state index is -3.92. The van der Waals surface area contributed by atoms with E-state index in [1.54, 1.807) is 17.8 Å². The van der Waals surface area contributed by atoms with Crippen LogP contribution in [0.15, 0.2) is 53.4 Å². The lowest BCUT2D eigenvalue weighted by atomic mass is 9.86. The molecule has 1 saturated heterocycles. The second-order valence-corrected chi connectivity index (χ2v) is 12.0. The maximum absolute atomic E-state index is 13.6. The summed E-state index contributed by atoms with van der Waals surface area (Å²) in [6, 6.07) is 13.7. The number of primary sulfonamides is 1. The summed E-state index contributed by atoms with van der Waals surface area (Å²) in [6.07, 6.45) is 3.79. The second-order valence-electron chi connectivity index (χ2n) is 9.10. The molecule has 1 aromatic heterocycles. The molecule has 8 nitrogen and oxygen atoms in total. The van der Waals surface area contributed by atoms with Crippen molar-refractivity contribution in [3.8, 4) is 11.1 Å². The number of carbonyl (C=O) groups is 2. The molecule has 2 aliphatic rings. The van der Waals surface area contributed by atoms with Gasteiger partial charge in [-0.1, -0.05) is 43.7 Å². The average Bonchev–Trinajstić information content (AvgIpc) is 3.32. The number of sulfonamides is 1. The van der Waals surface area contributed by atoms with E-state index in [-0.39, 0.29) is 16.5 Å². The van der Waals surface area contributed by atoms with Crippen molar-refractivity contribution in [1.29, 1.82) is 0 Å². The van der Waals surface area contributed by atoms with Gasteiger partial charge in [-0.05, 0) is 48.9 Å². The lowest BCUT2D eigenvalue weighted by Gasteiger charge is -2.42. The van der Waals surface area contributed by atoms with Gasteiger partial charge in [0.15, 0.2) is 0 Å². The topological polar surface area (TPSA) is 125 Å². The van der Waals surface area contributed by atoms with Gasteiger partial charge in [-0.15, -0.1) is 11.8 Å². The van der Waals surface area contributed by atoms with Crippen molar-refractivity contribution in [2.75, 3.05) is 5.75 Å². The first kappa shape index (κ1) is 22.9. The highest BCUT2D eigenvalue weighted by molar-refractivity contribution is 8.01. The number of fused-ring (bicyclic) bond motifs is 1. The van der Waals surface area contributed by atoms with Gasteiger partial charge in [-0.2, -0.15) is 0 Å². The quantitative estimate of drug-likeness (QED) is 0.507. The van der Waals surface area contributed by atoms with Gasteiger partial charge in [-0.25, -0.2) is 18.6 Å². The van der Waals surface area contributed by atoms with Crippen LogP contribution in [-0.2, 0) is 14.8 Å². The van der Waals surface area contributed by atoms with E-state index in [1.165, 1.54) is 17.1 Å². The molecule has 2 aromatic carbocycles. The van der Waals surface area contributed by atoms with Crippen LogP contribution in [-0.4, -0.2) is 40.8 Å². The zero-order valence-electron chi connectivity index (χ0n) is 18.7. The highest BCUT2D eigenvalue weighted by Crippen LogP contribution is 2.48. The smallest absolute Gasteiger partial charge is 0.286 e. The summed E-state index contributed by atoms with van der Waals surface area (Å²) < 4.78 is 23.9. The first-order valence-corrected chi connectivity index (χ1v) is 13.7. The Morgan fingerprint density at radius 1 is 1.24 bits per heavy atom. The number of aromatic amines is 1. The van der Waals surface area contributed by atoms with Crippen molar-refractivity contribution in [3.63, 3.8) is 0 Å². The monoisotopic (exact) mass is 498 g/mol. The van der Waals surface area contributed by atoms with Crippen LogP contribution in [0.3, 0.4) is 0 Å². The van der Waals surface area contributed by atoms with Gasteiger partial charge in [0.05, 0.1) is 10.6 Å². The van der Waals surface area contributed by atoms with Crippen LogP contribution in [0.5, 0.6) is 0 Å². The van der Waals surface area contributed by atoms with E-state index in [0.717, 1.165) is 31.2 Å². The minimum Gasteiger partial charge on any atom is -0.350 e. The van der Waals surface area contributed by atoms with Gasteiger partial charge in [0.25, 0.3) is 11.8 Å². The summed E-state index contributed by atoms with van der Waals surface area (Å²) in [6.45, 7) is 2.18. The van der Waals surface area contributed by atoms with Crippen LogP contribution in [0.25, 0.3) is 22.0 Å². The van der Waals surface area contributed by atoms with Crippen LogP contribution >= 0.6 is 11.8 Å². The summed E-state index contributed by atoms with van der Waals surface area (Å²) in [4.78, 5) is 29.1. The van der Waals surface area contributed by atoms with Crippen molar-refractivity contribution < 1.29 is 18.0 Å². The maximum atomic E-state index is 13.6. The molecule has 3 aromatic rings. The number of nitrogens with one attached hydrogen (secondary N) is 2. The number of thioether (sulfide) groups is 1. The summed E-state index contributed by atoms with van der Waals surface area (Å²) in [5.74, 6) is 0.251. The highest BCUT2D eigenvalue weighted by atomic mass is 32.2. The molecule has 4 N–H and O–H groups in total. The normalized spacial score (nSPS) is 23.1. The molecule has 2 amide bonds. The number of carbonyl (C=O) groups excluding carboxylic acids is 2. The van der Waals surface area contributed by atoms with Crippen molar-refractivity contribution in [2.45, 2.75) is 42.4 Å². The zero-order valence-corrected chi connectivity index (χ0v) is 20.3. The lowest BCUT2D eigenvalue weighted by molar-refractivity contribution is -0.134. The summed E-state index contributed by atoms with van der Waals surface area (Å²) in [7, 11) is -3.92. The summed E-state index contributed by atoms with van der Waals surface area (Å²) in [5.41, 5.74) is 5.05. The first-order valence-electron chi connectivity index (χ1n) is 11.2. The maximum Gasteiger partial charge on any atom is 0.286 e. The second kappa shape index (κ2) is 8.44. The molecule has 0 bridgehead atoms. The number of hydrazine groups is 1. The van der Waals surface area contributed by atoms with Crippen molar-refractivity contribution in [2.24, 2.45) is 11.1 Å². The molecule has 34 heavy (non-hydrogen) atoms. The number of nitrogens with zero attached hydrogens (tertiary/aromatic N) is 1. The Balaban J connectivity index is 1.59. The largest absolute Gasteiger partial charge is 0.350 e. The molecular weight excluding hydrogens is 472 g/mol. The van der Waals surface area contributed by atoms with E-state index >= 15 is 0 Å². The molecule has 1 spiro atoms. The van der Waals surface area contributed by atoms with Crippen molar-refractivity contribution >= 4 is 44.5 Å². The van der Waals surface area contributed by atoms with Crippen LogP contribution < -0.4 is 10.6 Å². The molecule has 1 saturated carbocycles. The number of hydrogen-bond donors (Lipinski definition) is 3. The van der Waals surface area contributed by atoms with Crippen molar-refractivity contribution in [3.05, 3.63) is 54.2 Å². The fourth-order valence-electron chi connectivity index (χ4n) is 5.11. The molecule has 10 heteroatoms. The van der Waals surface area contributed by atoms with E-state index in [0.29, 0.717) is 28.1 Å². The Labute approximate surface area is 202 Å². The number of rotatable bonds is 4. The van der Waals surface area contributed by atoms with Gasteiger partial charge in [0.1, 0.15) is 10.6 Å². The Hall–Kier alpha value is -2.82. The van der Waals surface area contributed by atoms with E-state index in [9.17, 15) is 18.0 Å². The number of H-pyrrole nitrogens is 1. The van der Waals surface area contributed by atoms with E-state index in [4.69, 9.17) is 5.14 Å². The predicted octanol–water partition coefficient (Wildman–Crippen LogP) is 3.61. The van der Waals surface area contributed by atoms with Crippen LogP contribution in [0.4, 0.5) is 0 Å². The molecule has 5 rings (SSSR count). The van der Waals surface area contributed by atoms with E-state index in [1.807, 2.05) is 30.3 Å². The Kier molecular flexibility index (Phi) is 5.70. The molecule has 2 fully saturated rings. The molecule has 1 aliphatic carbocycles. The van der Waals surface area contributed by atoms with Gasteiger partial charge < -0.3 is 4.98 Å². The number of amides is 2. The molecule has 0 radical (unpaired) electrons. The molecule has 2 unspecified atom stereocenters. The van der Waals surface area contributed by atoms with Crippen LogP contribution in [0, 0.1) is 5.92 Å². The third kappa shape index (κ3) is 3.99. The Morgan fingerprint density at radius 2 is 2.00 bits per heavy atom. The summed E-state index contributed by atoms with van der Waals surface area (Å²) >= 11 is 1.60. The minimum absolute atomic E-state index is 0.0376. The van der Waals surface area contributed by atoms with Gasteiger partial charge >= 0.3 is 0 Å². The number of nitrogens with two attached hydrogens (primary N) is 1. The highest BCUT2D eigenvalue weighted by Gasteiger charge is 2.49. The lowest BCUT2D eigenvalue weighted by Crippen LogP contribution is -2.56. The van der Waals surface area contributed by atoms with Crippen molar-refractivity contribution in [1.82, 2.24) is 15.4 Å². The third-order valence-electron chi connectivity index (χ3n) is 6.65. The van der Waals surface area contributed by atoms with Crippen LogP contribution in [0.2, 0.25) is 0 Å². The van der Waals surface area contributed by atoms with E-state index in [2.05, 4.69) is 17.3 Å². The number of aromatic nitrogens is 1. The first-order chi connectivity index (χ1) is 16.2.